The molecule has 0 radical (unpaired) electrons. The molecule has 166 valence electrons. The second-order valence-corrected chi connectivity index (χ2v) is 10.7. The second kappa shape index (κ2) is 9.12. The van der Waals surface area contributed by atoms with Gasteiger partial charge in [-0.3, -0.25) is 8.97 Å². The number of hydrogen-bond acceptors (Lipinski definition) is 1. The summed E-state index contributed by atoms with van der Waals surface area (Å²) in [4.78, 5) is 0. The first kappa shape index (κ1) is 23.5. The molecule has 0 amide bonds. The van der Waals surface area contributed by atoms with Crippen LogP contribution in [0.5, 0.6) is 0 Å². The van der Waals surface area contributed by atoms with Crippen molar-refractivity contribution in [3.05, 3.63) is 89.1 Å². The summed E-state index contributed by atoms with van der Waals surface area (Å²) in [6.45, 7) is 0. The molecule has 3 heteroatoms. The van der Waals surface area contributed by atoms with Crippen LogP contribution in [0, 0.1) is 0 Å². The maximum atomic E-state index is 11.8. The van der Waals surface area contributed by atoms with Crippen molar-refractivity contribution in [2.24, 2.45) is 0 Å². The minimum absolute atomic E-state index is 0.623. The van der Waals surface area contributed by atoms with E-state index in [0.29, 0.717) is 10.9 Å². The van der Waals surface area contributed by atoms with Gasteiger partial charge < -0.3 is 5.11 Å². The summed E-state index contributed by atoms with van der Waals surface area (Å²) in [5.74, 6) is 0. The van der Waals surface area contributed by atoms with Crippen LogP contribution in [0.4, 0.5) is 5.69 Å². The van der Waals surface area contributed by atoms with Crippen molar-refractivity contribution >= 4 is 5.69 Å². The smallest absolute Gasteiger partial charge is 0.167 e. The summed E-state index contributed by atoms with van der Waals surface area (Å²) in [7, 11) is 13.0. The molecule has 0 bridgehead atoms. The Hall–Kier alpha value is -2.20. The quantitative estimate of drug-likeness (QED) is 0.447. The van der Waals surface area contributed by atoms with E-state index in [9.17, 15) is 5.11 Å². The van der Waals surface area contributed by atoms with Crippen molar-refractivity contribution in [2.45, 2.75) is 37.7 Å². The highest BCUT2D eigenvalue weighted by molar-refractivity contribution is 5.43. The van der Waals surface area contributed by atoms with Crippen LogP contribution in [0.15, 0.2) is 78.0 Å². The Morgan fingerprint density at radius 3 is 1.94 bits per heavy atom. The van der Waals surface area contributed by atoms with E-state index in [0.717, 1.165) is 41.4 Å². The molecule has 31 heavy (non-hydrogen) atoms. The molecular formula is C28H40N2O+2. The zero-order valence-electron chi connectivity index (χ0n) is 20.2. The van der Waals surface area contributed by atoms with Crippen molar-refractivity contribution in [3.8, 4) is 0 Å². The van der Waals surface area contributed by atoms with E-state index >= 15 is 0 Å². The molecule has 0 heterocycles. The first-order valence-electron chi connectivity index (χ1n) is 11.4. The van der Waals surface area contributed by atoms with Gasteiger partial charge in [0.25, 0.3) is 0 Å². The zero-order valence-corrected chi connectivity index (χ0v) is 20.2. The second-order valence-electron chi connectivity index (χ2n) is 10.7. The van der Waals surface area contributed by atoms with Crippen LogP contribution < -0.4 is 4.48 Å². The SMILES string of the molecule is C[N+](C)(C)C1=CC=C(CCCCc2ccc([N+](C)(C)C)cc2)CC1(O)c1ccccc1. The maximum absolute atomic E-state index is 11.8. The lowest BCUT2D eigenvalue weighted by atomic mass is 9.78. The molecule has 1 aliphatic carbocycles. The van der Waals surface area contributed by atoms with Crippen molar-refractivity contribution in [1.29, 1.82) is 0 Å². The monoisotopic (exact) mass is 420 g/mol. The van der Waals surface area contributed by atoms with Crippen molar-refractivity contribution in [1.82, 2.24) is 4.48 Å². The van der Waals surface area contributed by atoms with E-state index in [-0.39, 0.29) is 0 Å². The fraction of sp³-hybridized carbons (Fsp3) is 0.429. The highest BCUT2D eigenvalue weighted by atomic mass is 16.3. The van der Waals surface area contributed by atoms with Gasteiger partial charge in [-0.05, 0) is 55.0 Å². The van der Waals surface area contributed by atoms with Gasteiger partial charge in [0.1, 0.15) is 11.4 Å². The molecule has 2 aromatic rings. The molecule has 0 aliphatic heterocycles. The van der Waals surface area contributed by atoms with Gasteiger partial charge in [-0.15, -0.1) is 0 Å². The van der Waals surface area contributed by atoms with Crippen LogP contribution >= 0.6 is 0 Å². The molecule has 1 aliphatic rings. The van der Waals surface area contributed by atoms with Crippen LogP contribution in [0.1, 0.15) is 36.8 Å². The minimum atomic E-state index is -0.940. The highest BCUT2D eigenvalue weighted by Crippen LogP contribution is 2.42. The Morgan fingerprint density at radius 1 is 0.742 bits per heavy atom. The molecule has 1 atom stereocenters. The van der Waals surface area contributed by atoms with Crippen molar-refractivity contribution in [2.75, 3.05) is 42.3 Å². The summed E-state index contributed by atoms with van der Waals surface area (Å²) in [5.41, 5.74) is 5.16. The fourth-order valence-electron chi connectivity index (χ4n) is 4.52. The summed E-state index contributed by atoms with van der Waals surface area (Å²) in [6, 6.07) is 19.2. The number of aryl methyl sites for hydroxylation is 1. The molecule has 2 aromatic carbocycles. The third-order valence-corrected chi connectivity index (χ3v) is 6.28. The predicted octanol–water partition coefficient (Wildman–Crippen LogP) is 5.40. The summed E-state index contributed by atoms with van der Waals surface area (Å²) >= 11 is 0. The van der Waals surface area contributed by atoms with Crippen LogP contribution in [0.2, 0.25) is 0 Å². The third kappa shape index (κ3) is 5.74. The third-order valence-electron chi connectivity index (χ3n) is 6.28. The van der Waals surface area contributed by atoms with Gasteiger partial charge in [0.05, 0.1) is 42.3 Å². The standard InChI is InChI=1S/C28H40N2O/c1-29(2,3)26-19-16-23(17-20-26)12-10-11-13-24-18-21-27(30(4,5)6)28(31,22-24)25-14-8-7-9-15-25/h7-9,14-21,31H,10-13,22H2,1-6H3/q+2. The molecule has 0 aromatic heterocycles. The van der Waals surface area contributed by atoms with E-state index in [4.69, 9.17) is 0 Å². The molecule has 0 saturated heterocycles. The normalized spacial score (nSPS) is 19.7. The van der Waals surface area contributed by atoms with Crippen molar-refractivity contribution in [3.63, 3.8) is 0 Å². The molecule has 1 N–H and O–H groups in total. The van der Waals surface area contributed by atoms with E-state index in [1.807, 2.05) is 30.3 Å². The summed E-state index contributed by atoms with van der Waals surface area (Å²) in [6.07, 6.45) is 9.51. The van der Waals surface area contributed by atoms with E-state index in [1.54, 1.807) is 0 Å². The lowest BCUT2D eigenvalue weighted by molar-refractivity contribution is -0.838. The molecule has 0 fully saturated rings. The van der Waals surface area contributed by atoms with E-state index in [2.05, 4.69) is 78.7 Å². The summed E-state index contributed by atoms with van der Waals surface area (Å²) < 4.78 is 1.47. The topological polar surface area (TPSA) is 20.2 Å². The number of benzene rings is 2. The zero-order chi connectivity index (χ0) is 22.7. The molecule has 0 saturated carbocycles. The lowest BCUT2D eigenvalue weighted by Gasteiger charge is -2.40. The number of nitrogens with zero attached hydrogens (tertiary/aromatic N) is 2. The maximum Gasteiger partial charge on any atom is 0.167 e. The first-order valence-corrected chi connectivity index (χ1v) is 11.4. The molecule has 1 unspecified atom stereocenters. The number of rotatable bonds is 8. The summed E-state index contributed by atoms with van der Waals surface area (Å²) in [5, 5.41) is 11.8. The van der Waals surface area contributed by atoms with Gasteiger partial charge >= 0.3 is 0 Å². The Bertz CT molecular complexity index is 928. The van der Waals surface area contributed by atoms with Crippen LogP contribution in [0.3, 0.4) is 0 Å². The number of hydrogen-bond donors (Lipinski definition) is 1. The van der Waals surface area contributed by atoms with E-state index in [1.165, 1.54) is 16.8 Å². The Morgan fingerprint density at radius 2 is 1.35 bits per heavy atom. The van der Waals surface area contributed by atoms with Gasteiger partial charge in [-0.2, -0.15) is 0 Å². The van der Waals surface area contributed by atoms with E-state index < -0.39 is 5.60 Å². The number of aliphatic hydroxyl groups is 1. The Kier molecular flexibility index (Phi) is 6.90. The average Bonchev–Trinajstić information content (AvgIpc) is 2.71. The number of allylic oxidation sites excluding steroid dienone is 2. The van der Waals surface area contributed by atoms with Gasteiger partial charge in [0.2, 0.25) is 0 Å². The molecule has 0 spiro atoms. The first-order chi connectivity index (χ1) is 14.5. The Balaban J connectivity index is 1.63. The van der Waals surface area contributed by atoms with Crippen LogP contribution in [0.25, 0.3) is 0 Å². The Labute approximate surface area is 189 Å². The molecule has 3 nitrogen and oxygen atoms in total. The lowest BCUT2D eigenvalue weighted by Crippen LogP contribution is -2.46. The minimum Gasteiger partial charge on any atom is -0.375 e. The van der Waals surface area contributed by atoms with Gasteiger partial charge in [-0.25, -0.2) is 0 Å². The molecule has 3 rings (SSSR count). The molecular weight excluding hydrogens is 380 g/mol. The fourth-order valence-corrected chi connectivity index (χ4v) is 4.52. The van der Waals surface area contributed by atoms with Gasteiger partial charge in [-0.1, -0.05) is 54.1 Å². The largest absolute Gasteiger partial charge is 0.375 e. The average molecular weight is 421 g/mol. The van der Waals surface area contributed by atoms with Gasteiger partial charge in [0.15, 0.2) is 5.60 Å². The number of quaternary nitrogens is 2. The predicted molar refractivity (Wildman–Crippen MR) is 133 cm³/mol. The number of likely N-dealkylation sites (N-methyl/N-ethyl adjacent to an activating group) is 1. The van der Waals surface area contributed by atoms with Gasteiger partial charge in [0, 0.05) is 6.42 Å². The number of unbranched alkanes of at least 4 members (excludes halogenated alkanes) is 1. The van der Waals surface area contributed by atoms with Crippen LogP contribution in [-0.4, -0.2) is 51.9 Å². The highest BCUT2D eigenvalue weighted by Gasteiger charge is 2.43. The van der Waals surface area contributed by atoms with Crippen molar-refractivity contribution < 1.29 is 9.59 Å². The van der Waals surface area contributed by atoms with Crippen LogP contribution in [-0.2, 0) is 12.0 Å².